The van der Waals surface area contributed by atoms with Gasteiger partial charge in [-0.25, -0.2) is 9.97 Å². The number of nitrogens with zero attached hydrogens (tertiary/aromatic N) is 2. The van der Waals surface area contributed by atoms with Crippen LogP contribution in [0.25, 0.3) is 121 Å². The van der Waals surface area contributed by atoms with Crippen LogP contribution in [-0.4, -0.2) is 9.97 Å². The third-order valence-corrected chi connectivity index (χ3v) is 11.3. The Bertz CT molecular complexity index is 3490. The van der Waals surface area contributed by atoms with Gasteiger partial charge in [-0.3, -0.25) is 0 Å². The molecule has 0 aliphatic rings. The molecular weight excluding hydrogens is 685 g/mol. The summed E-state index contributed by atoms with van der Waals surface area (Å²) in [5.41, 5.74) is 11.1. The Kier molecular flexibility index (Phi) is 6.60. The fourth-order valence-electron chi connectivity index (χ4n) is 8.65. The summed E-state index contributed by atoms with van der Waals surface area (Å²) in [7, 11) is 0. The van der Waals surface area contributed by atoms with E-state index in [9.17, 15) is 0 Å². The molecule has 12 rings (SSSR count). The van der Waals surface area contributed by atoms with Crippen molar-refractivity contribution in [1.29, 1.82) is 0 Å². The van der Waals surface area contributed by atoms with Crippen molar-refractivity contribution in [3.8, 4) is 44.9 Å². The SMILES string of the molecule is c1ccc(-c2nc(-c3ccccc3)c3oc4ccc(-c5ccc6c(c5)oc5cccc(-c7ccc8c9ccccc9c9ccccc9c8c7)c56)cc4c3n2)cc1. The van der Waals surface area contributed by atoms with E-state index in [-0.39, 0.29) is 0 Å². The number of benzene rings is 9. The predicted molar refractivity (Wildman–Crippen MR) is 231 cm³/mol. The van der Waals surface area contributed by atoms with Gasteiger partial charge >= 0.3 is 0 Å². The lowest BCUT2D eigenvalue weighted by atomic mass is 9.91. The number of hydrogen-bond acceptors (Lipinski definition) is 4. The molecule has 3 heterocycles. The maximum atomic E-state index is 6.63. The standard InChI is InChI=1S/C52H30N2O2/c1-3-12-31(13-4-1)49-51-50(54-52(53-49)32-14-5-2-6-15-32)44-28-33(24-27-45(44)56-51)34-22-26-42-47(30-34)55-46-21-11-20-36(48(42)46)35-23-25-41-39-18-8-7-16-37(39)38-17-9-10-19-40(38)43(41)29-35/h1-30H. The fourth-order valence-corrected chi connectivity index (χ4v) is 8.65. The second-order valence-corrected chi connectivity index (χ2v) is 14.5. The third kappa shape index (κ3) is 4.66. The molecule has 0 saturated heterocycles. The molecule has 3 aromatic heterocycles. The van der Waals surface area contributed by atoms with Crippen molar-refractivity contribution in [2.24, 2.45) is 0 Å². The van der Waals surface area contributed by atoms with E-state index in [0.29, 0.717) is 11.4 Å². The molecular formula is C52H30N2O2. The van der Waals surface area contributed by atoms with Gasteiger partial charge in [-0.1, -0.05) is 146 Å². The van der Waals surface area contributed by atoms with Crippen LogP contribution >= 0.6 is 0 Å². The van der Waals surface area contributed by atoms with Crippen LogP contribution in [0.1, 0.15) is 0 Å². The molecule has 4 nitrogen and oxygen atoms in total. The first-order valence-corrected chi connectivity index (χ1v) is 18.9. The van der Waals surface area contributed by atoms with E-state index >= 15 is 0 Å². The maximum absolute atomic E-state index is 6.63. The zero-order chi connectivity index (χ0) is 36.7. The molecule has 0 unspecified atom stereocenters. The van der Waals surface area contributed by atoms with Crippen molar-refractivity contribution in [3.05, 3.63) is 182 Å². The van der Waals surface area contributed by atoms with Gasteiger partial charge in [0.2, 0.25) is 0 Å². The highest BCUT2D eigenvalue weighted by atomic mass is 16.3. The van der Waals surface area contributed by atoms with Crippen molar-refractivity contribution in [2.45, 2.75) is 0 Å². The summed E-state index contributed by atoms with van der Waals surface area (Å²) in [5.74, 6) is 0.664. The van der Waals surface area contributed by atoms with Gasteiger partial charge in [0.05, 0.1) is 0 Å². The number of furan rings is 2. The van der Waals surface area contributed by atoms with E-state index in [2.05, 4.69) is 127 Å². The molecule has 0 radical (unpaired) electrons. The Hall–Kier alpha value is -7.56. The maximum Gasteiger partial charge on any atom is 0.180 e. The van der Waals surface area contributed by atoms with Gasteiger partial charge in [0.15, 0.2) is 11.4 Å². The lowest BCUT2D eigenvalue weighted by molar-refractivity contribution is 0.667. The normalized spacial score (nSPS) is 11.9. The van der Waals surface area contributed by atoms with Gasteiger partial charge in [0.25, 0.3) is 0 Å². The molecule has 0 spiro atoms. The highest BCUT2D eigenvalue weighted by molar-refractivity contribution is 6.26. The highest BCUT2D eigenvalue weighted by Crippen LogP contribution is 2.43. The molecule has 0 saturated carbocycles. The van der Waals surface area contributed by atoms with Crippen LogP contribution in [0.3, 0.4) is 0 Å². The molecule has 0 atom stereocenters. The van der Waals surface area contributed by atoms with Gasteiger partial charge in [0, 0.05) is 27.3 Å². The van der Waals surface area contributed by atoms with Gasteiger partial charge < -0.3 is 8.83 Å². The van der Waals surface area contributed by atoms with Crippen LogP contribution in [0.5, 0.6) is 0 Å². The first-order chi connectivity index (χ1) is 27.7. The topological polar surface area (TPSA) is 52.1 Å². The number of hydrogen-bond donors (Lipinski definition) is 0. The van der Waals surface area contributed by atoms with E-state index in [1.165, 1.54) is 37.9 Å². The summed E-state index contributed by atoms with van der Waals surface area (Å²) in [6.45, 7) is 0. The summed E-state index contributed by atoms with van der Waals surface area (Å²) in [5, 5.41) is 10.8. The zero-order valence-electron chi connectivity index (χ0n) is 30.0. The summed E-state index contributed by atoms with van der Waals surface area (Å²) >= 11 is 0. The highest BCUT2D eigenvalue weighted by Gasteiger charge is 2.20. The Labute approximate surface area is 320 Å². The van der Waals surface area contributed by atoms with Crippen LogP contribution in [-0.2, 0) is 0 Å². The zero-order valence-corrected chi connectivity index (χ0v) is 30.0. The number of aromatic nitrogens is 2. The summed E-state index contributed by atoms with van der Waals surface area (Å²) in [4.78, 5) is 10.1. The van der Waals surface area contributed by atoms with Crippen molar-refractivity contribution in [3.63, 3.8) is 0 Å². The number of fused-ring (bicyclic) bond motifs is 12. The van der Waals surface area contributed by atoms with E-state index in [1.807, 2.05) is 54.6 Å². The van der Waals surface area contributed by atoms with Crippen LogP contribution in [0, 0.1) is 0 Å². The molecule has 9 aromatic carbocycles. The molecule has 0 amide bonds. The van der Waals surface area contributed by atoms with E-state index in [0.717, 1.165) is 71.9 Å². The second-order valence-electron chi connectivity index (χ2n) is 14.5. The largest absolute Gasteiger partial charge is 0.456 e. The first-order valence-electron chi connectivity index (χ1n) is 18.9. The van der Waals surface area contributed by atoms with Crippen molar-refractivity contribution < 1.29 is 8.83 Å². The average molecular weight is 715 g/mol. The first kappa shape index (κ1) is 30.9. The Morgan fingerprint density at radius 3 is 1.66 bits per heavy atom. The van der Waals surface area contributed by atoms with Crippen molar-refractivity contribution in [1.82, 2.24) is 9.97 Å². The summed E-state index contributed by atoms with van der Waals surface area (Å²) in [6.07, 6.45) is 0. The van der Waals surface area contributed by atoms with Crippen molar-refractivity contribution in [2.75, 3.05) is 0 Å². The Morgan fingerprint density at radius 2 is 0.911 bits per heavy atom. The molecule has 0 aliphatic carbocycles. The minimum Gasteiger partial charge on any atom is -0.456 e. The molecule has 260 valence electrons. The average Bonchev–Trinajstić information content (AvgIpc) is 3.84. The Balaban J connectivity index is 1.01. The molecule has 12 aromatic rings. The minimum atomic E-state index is 0.664. The molecule has 0 fully saturated rings. The summed E-state index contributed by atoms with van der Waals surface area (Å²) < 4.78 is 13.1. The van der Waals surface area contributed by atoms with E-state index in [1.54, 1.807) is 0 Å². The monoisotopic (exact) mass is 714 g/mol. The molecule has 0 aliphatic heterocycles. The van der Waals surface area contributed by atoms with Crippen LogP contribution < -0.4 is 0 Å². The van der Waals surface area contributed by atoms with Crippen LogP contribution in [0.2, 0.25) is 0 Å². The van der Waals surface area contributed by atoms with Gasteiger partial charge in [-0.2, -0.15) is 0 Å². The second kappa shape index (κ2) is 12.0. The third-order valence-electron chi connectivity index (χ3n) is 11.3. The fraction of sp³-hybridized carbons (Fsp3) is 0. The van der Waals surface area contributed by atoms with E-state index < -0.39 is 0 Å². The van der Waals surface area contributed by atoms with Gasteiger partial charge in [0.1, 0.15) is 28.0 Å². The molecule has 56 heavy (non-hydrogen) atoms. The van der Waals surface area contributed by atoms with Crippen LogP contribution in [0.15, 0.2) is 191 Å². The predicted octanol–water partition coefficient (Wildman–Crippen LogP) is 14.4. The minimum absolute atomic E-state index is 0.664. The summed E-state index contributed by atoms with van der Waals surface area (Å²) in [6, 6.07) is 63.9. The molecule has 0 bridgehead atoms. The Morgan fingerprint density at radius 1 is 0.321 bits per heavy atom. The molecule has 4 heteroatoms. The smallest absolute Gasteiger partial charge is 0.180 e. The van der Waals surface area contributed by atoms with Crippen LogP contribution in [0.4, 0.5) is 0 Å². The number of rotatable bonds is 4. The molecule has 0 N–H and O–H groups in total. The van der Waals surface area contributed by atoms with E-state index in [4.69, 9.17) is 18.8 Å². The van der Waals surface area contributed by atoms with Gasteiger partial charge in [-0.15, -0.1) is 0 Å². The quantitative estimate of drug-likeness (QED) is 0.170. The lowest BCUT2D eigenvalue weighted by Crippen LogP contribution is -1.93. The lowest BCUT2D eigenvalue weighted by Gasteiger charge is -2.12. The van der Waals surface area contributed by atoms with Gasteiger partial charge in [-0.05, 0) is 91.0 Å². The van der Waals surface area contributed by atoms with Crippen molar-refractivity contribution >= 4 is 76.3 Å².